The van der Waals surface area contributed by atoms with Gasteiger partial charge in [0.2, 0.25) is 11.8 Å². The van der Waals surface area contributed by atoms with Crippen molar-refractivity contribution in [3.05, 3.63) is 23.4 Å². The first-order valence-corrected chi connectivity index (χ1v) is 8.10. The summed E-state index contributed by atoms with van der Waals surface area (Å²) in [5, 5.41) is 8.24. The van der Waals surface area contributed by atoms with Gasteiger partial charge in [-0.15, -0.1) is 0 Å². The maximum atomic E-state index is 5.39. The van der Waals surface area contributed by atoms with Crippen LogP contribution in [0, 0.1) is 0 Å². The lowest BCUT2D eigenvalue weighted by atomic mass is 10.2. The zero-order chi connectivity index (χ0) is 15.1. The second-order valence-corrected chi connectivity index (χ2v) is 6.59. The van der Waals surface area contributed by atoms with Crippen LogP contribution in [0.4, 0.5) is 0 Å². The lowest BCUT2D eigenvalue weighted by molar-refractivity contribution is 0.202. The van der Waals surface area contributed by atoms with Gasteiger partial charge in [-0.2, -0.15) is 9.97 Å². The third kappa shape index (κ3) is 2.65. The minimum atomic E-state index is 0.188. The third-order valence-corrected chi connectivity index (χ3v) is 4.38. The van der Waals surface area contributed by atoms with Crippen molar-refractivity contribution in [2.24, 2.45) is 0 Å². The van der Waals surface area contributed by atoms with Crippen LogP contribution in [-0.4, -0.2) is 31.7 Å². The fraction of sp³-hybridized carbons (Fsp3) is 0.733. The fourth-order valence-electron chi connectivity index (χ4n) is 2.94. The molecule has 7 nitrogen and oxygen atoms in total. The van der Waals surface area contributed by atoms with Gasteiger partial charge in [-0.1, -0.05) is 24.2 Å². The van der Waals surface area contributed by atoms with Crippen molar-refractivity contribution in [2.45, 2.75) is 64.0 Å². The second-order valence-electron chi connectivity index (χ2n) is 6.59. The first-order chi connectivity index (χ1) is 10.7. The zero-order valence-electron chi connectivity index (χ0n) is 13.0. The molecular formula is C15H21N5O2. The number of likely N-dealkylation sites (tertiary alicyclic amines) is 1. The van der Waals surface area contributed by atoms with E-state index < -0.39 is 0 Å². The number of aromatic nitrogens is 4. The van der Waals surface area contributed by atoms with Gasteiger partial charge in [0.1, 0.15) is 0 Å². The summed E-state index contributed by atoms with van der Waals surface area (Å²) in [6, 6.07) is 0.188. The van der Waals surface area contributed by atoms with Crippen LogP contribution in [0.25, 0.3) is 0 Å². The Balaban J connectivity index is 1.47. The molecular weight excluding hydrogens is 282 g/mol. The molecule has 0 N–H and O–H groups in total. The average molecular weight is 303 g/mol. The van der Waals surface area contributed by atoms with E-state index >= 15 is 0 Å². The fourth-order valence-corrected chi connectivity index (χ4v) is 2.94. The van der Waals surface area contributed by atoms with E-state index in [0.717, 1.165) is 31.0 Å². The van der Waals surface area contributed by atoms with Gasteiger partial charge in [-0.25, -0.2) is 0 Å². The first-order valence-electron chi connectivity index (χ1n) is 8.10. The lowest BCUT2D eigenvalue weighted by Crippen LogP contribution is -2.23. The minimum Gasteiger partial charge on any atom is -0.339 e. The number of rotatable bonds is 5. The molecule has 2 aliphatic rings. The van der Waals surface area contributed by atoms with Crippen molar-refractivity contribution in [2.75, 3.05) is 6.54 Å². The standard InChI is InChI=1S/C15H21N5O2/c1-9(2)15-17-14(19-22-15)11-4-3-7-20(11)8-12-16-13(18-21-12)10-5-6-10/h9-11H,3-8H2,1-2H3. The molecule has 1 atom stereocenters. The van der Waals surface area contributed by atoms with E-state index in [0.29, 0.717) is 24.2 Å². The SMILES string of the molecule is CC(C)c1nc(C2CCCN2Cc2nc(C3CC3)no2)no1. The highest BCUT2D eigenvalue weighted by Gasteiger charge is 2.33. The first kappa shape index (κ1) is 13.9. The predicted octanol–water partition coefficient (Wildman–Crippen LogP) is 2.79. The topological polar surface area (TPSA) is 81.1 Å². The normalized spacial score (nSPS) is 22.8. The van der Waals surface area contributed by atoms with Crippen molar-refractivity contribution in [1.29, 1.82) is 0 Å². The van der Waals surface area contributed by atoms with E-state index in [4.69, 9.17) is 9.05 Å². The van der Waals surface area contributed by atoms with Gasteiger partial charge in [-0.05, 0) is 32.2 Å². The molecule has 3 heterocycles. The molecule has 2 aromatic heterocycles. The Bertz CT molecular complexity index is 646. The van der Waals surface area contributed by atoms with Crippen LogP contribution in [0.3, 0.4) is 0 Å². The summed E-state index contributed by atoms with van der Waals surface area (Å²) in [5.74, 6) is 3.83. The summed E-state index contributed by atoms with van der Waals surface area (Å²) < 4.78 is 10.7. The Labute approximate surface area is 129 Å². The van der Waals surface area contributed by atoms with Crippen LogP contribution >= 0.6 is 0 Å². The minimum absolute atomic E-state index is 0.188. The van der Waals surface area contributed by atoms with Crippen LogP contribution in [0.15, 0.2) is 9.05 Å². The molecule has 1 aliphatic carbocycles. The van der Waals surface area contributed by atoms with E-state index in [-0.39, 0.29) is 12.0 Å². The molecule has 1 unspecified atom stereocenters. The molecule has 4 rings (SSSR count). The molecule has 7 heteroatoms. The second kappa shape index (κ2) is 5.46. The van der Waals surface area contributed by atoms with E-state index in [1.165, 1.54) is 12.8 Å². The van der Waals surface area contributed by atoms with Gasteiger partial charge in [0.05, 0.1) is 12.6 Å². The molecule has 2 fully saturated rings. The Morgan fingerprint density at radius 3 is 2.64 bits per heavy atom. The predicted molar refractivity (Wildman–Crippen MR) is 77.0 cm³/mol. The van der Waals surface area contributed by atoms with E-state index in [2.05, 4.69) is 39.0 Å². The molecule has 1 saturated heterocycles. The molecule has 0 aromatic carbocycles. The van der Waals surface area contributed by atoms with Crippen molar-refractivity contribution < 1.29 is 9.05 Å². The lowest BCUT2D eigenvalue weighted by Gasteiger charge is -2.19. The Hall–Kier alpha value is -1.76. The Morgan fingerprint density at radius 2 is 1.91 bits per heavy atom. The van der Waals surface area contributed by atoms with Crippen molar-refractivity contribution in [3.63, 3.8) is 0 Å². The smallest absolute Gasteiger partial charge is 0.240 e. The molecule has 0 spiro atoms. The maximum absolute atomic E-state index is 5.39. The maximum Gasteiger partial charge on any atom is 0.240 e. The van der Waals surface area contributed by atoms with E-state index in [1.807, 2.05) is 0 Å². The van der Waals surface area contributed by atoms with Gasteiger partial charge < -0.3 is 9.05 Å². The van der Waals surface area contributed by atoms with Gasteiger partial charge >= 0.3 is 0 Å². The van der Waals surface area contributed by atoms with E-state index in [9.17, 15) is 0 Å². The molecule has 22 heavy (non-hydrogen) atoms. The summed E-state index contributed by atoms with van der Waals surface area (Å²) >= 11 is 0. The van der Waals surface area contributed by atoms with Crippen molar-refractivity contribution in [3.8, 4) is 0 Å². The van der Waals surface area contributed by atoms with Gasteiger partial charge in [0, 0.05) is 11.8 Å². The van der Waals surface area contributed by atoms with Crippen LogP contribution in [0.5, 0.6) is 0 Å². The molecule has 0 bridgehead atoms. The monoisotopic (exact) mass is 303 g/mol. The summed E-state index contributed by atoms with van der Waals surface area (Å²) in [7, 11) is 0. The summed E-state index contributed by atoms with van der Waals surface area (Å²) in [4.78, 5) is 11.4. The molecule has 1 aliphatic heterocycles. The molecule has 1 saturated carbocycles. The molecule has 0 amide bonds. The Morgan fingerprint density at radius 1 is 1.09 bits per heavy atom. The third-order valence-electron chi connectivity index (χ3n) is 4.38. The summed E-state index contributed by atoms with van der Waals surface area (Å²) in [5.41, 5.74) is 0. The molecule has 0 radical (unpaired) electrons. The average Bonchev–Trinajstić information content (AvgIpc) is 2.95. The largest absolute Gasteiger partial charge is 0.339 e. The molecule has 2 aromatic rings. The number of hydrogen-bond donors (Lipinski definition) is 0. The van der Waals surface area contributed by atoms with Gasteiger partial charge in [-0.3, -0.25) is 4.90 Å². The van der Waals surface area contributed by atoms with Crippen molar-refractivity contribution in [1.82, 2.24) is 25.2 Å². The van der Waals surface area contributed by atoms with Crippen molar-refractivity contribution >= 4 is 0 Å². The number of hydrogen-bond acceptors (Lipinski definition) is 7. The quantitative estimate of drug-likeness (QED) is 0.840. The van der Waals surface area contributed by atoms with Crippen LogP contribution in [0.2, 0.25) is 0 Å². The summed E-state index contributed by atoms with van der Waals surface area (Å²) in [6.07, 6.45) is 4.54. The molecule has 118 valence electrons. The van der Waals surface area contributed by atoms with Crippen LogP contribution in [0.1, 0.15) is 80.8 Å². The van der Waals surface area contributed by atoms with Gasteiger partial charge in [0.25, 0.3) is 0 Å². The highest BCUT2D eigenvalue weighted by atomic mass is 16.5. The Kier molecular flexibility index (Phi) is 3.44. The van der Waals surface area contributed by atoms with Crippen LogP contribution in [-0.2, 0) is 6.54 Å². The highest BCUT2D eigenvalue weighted by molar-refractivity contribution is 5.04. The highest BCUT2D eigenvalue weighted by Crippen LogP contribution is 2.38. The van der Waals surface area contributed by atoms with Crippen LogP contribution < -0.4 is 0 Å². The number of nitrogens with zero attached hydrogens (tertiary/aromatic N) is 5. The zero-order valence-corrected chi connectivity index (χ0v) is 13.0. The van der Waals surface area contributed by atoms with Gasteiger partial charge in [0.15, 0.2) is 11.6 Å². The summed E-state index contributed by atoms with van der Waals surface area (Å²) in [6.45, 7) is 5.77. The van der Waals surface area contributed by atoms with E-state index in [1.54, 1.807) is 0 Å².